The van der Waals surface area contributed by atoms with Crippen molar-refractivity contribution in [1.29, 1.82) is 0 Å². The fourth-order valence-electron chi connectivity index (χ4n) is 2.39. The quantitative estimate of drug-likeness (QED) is 0.617. The maximum absolute atomic E-state index is 12.0. The first-order chi connectivity index (χ1) is 12.7. The Labute approximate surface area is 151 Å². The Morgan fingerprint density at radius 3 is 2.46 bits per heavy atom. The molecule has 2 aromatic carbocycles. The van der Waals surface area contributed by atoms with Crippen molar-refractivity contribution in [2.45, 2.75) is 12.8 Å². The van der Waals surface area contributed by atoms with Gasteiger partial charge in [0.15, 0.2) is 12.2 Å². The number of oxazole rings is 1. The van der Waals surface area contributed by atoms with E-state index in [4.69, 9.17) is 13.9 Å². The van der Waals surface area contributed by atoms with E-state index in [9.17, 15) is 4.79 Å². The average molecular weight is 352 g/mol. The van der Waals surface area contributed by atoms with E-state index in [1.54, 1.807) is 13.3 Å². The topological polar surface area (TPSA) is 73.6 Å². The summed E-state index contributed by atoms with van der Waals surface area (Å²) in [5.41, 5.74) is 1.66. The molecule has 134 valence electrons. The molecule has 0 radical (unpaired) electrons. The molecule has 3 aromatic rings. The summed E-state index contributed by atoms with van der Waals surface area (Å²) < 4.78 is 15.9. The van der Waals surface area contributed by atoms with Crippen LogP contribution in [0.3, 0.4) is 0 Å². The van der Waals surface area contributed by atoms with Gasteiger partial charge >= 0.3 is 0 Å². The molecule has 0 aliphatic rings. The Morgan fingerprint density at radius 1 is 1.08 bits per heavy atom. The molecule has 3 rings (SSSR count). The second kappa shape index (κ2) is 8.71. The van der Waals surface area contributed by atoms with Crippen molar-refractivity contribution in [3.8, 4) is 22.8 Å². The lowest BCUT2D eigenvalue weighted by atomic mass is 10.1. The highest BCUT2D eigenvalue weighted by molar-refractivity contribution is 5.90. The number of nitrogens with zero attached hydrogens (tertiary/aromatic N) is 1. The minimum atomic E-state index is -0.0456. The smallest absolute Gasteiger partial charge is 0.224 e. The summed E-state index contributed by atoms with van der Waals surface area (Å²) in [5.74, 6) is 2.19. The normalized spacial score (nSPS) is 10.3. The van der Waals surface area contributed by atoms with Crippen LogP contribution in [0.4, 0.5) is 5.69 Å². The van der Waals surface area contributed by atoms with Crippen molar-refractivity contribution in [2.75, 3.05) is 19.0 Å². The van der Waals surface area contributed by atoms with Crippen LogP contribution in [0.2, 0.25) is 0 Å². The predicted molar refractivity (Wildman–Crippen MR) is 98.3 cm³/mol. The Morgan fingerprint density at radius 2 is 1.81 bits per heavy atom. The molecule has 26 heavy (non-hydrogen) atoms. The molecule has 0 saturated carbocycles. The molecule has 0 aliphatic heterocycles. The van der Waals surface area contributed by atoms with Gasteiger partial charge in [-0.1, -0.05) is 0 Å². The van der Waals surface area contributed by atoms with Crippen LogP contribution in [0, 0.1) is 0 Å². The fraction of sp³-hybridized carbons (Fsp3) is 0.200. The van der Waals surface area contributed by atoms with Gasteiger partial charge < -0.3 is 19.2 Å². The van der Waals surface area contributed by atoms with Crippen LogP contribution < -0.4 is 14.8 Å². The molecule has 1 N–H and O–H groups in total. The SMILES string of the molecule is COc1ccc(OCCCC(=O)Nc2ccc(-c3cnco3)cc2)cc1. The number of methoxy groups -OCH3 is 1. The number of ether oxygens (including phenoxy) is 2. The van der Waals surface area contributed by atoms with Crippen molar-refractivity contribution in [3.05, 3.63) is 61.1 Å². The third kappa shape index (κ3) is 4.86. The summed E-state index contributed by atoms with van der Waals surface area (Å²) in [6.07, 6.45) is 4.06. The van der Waals surface area contributed by atoms with Crippen LogP contribution >= 0.6 is 0 Å². The van der Waals surface area contributed by atoms with E-state index >= 15 is 0 Å². The number of anilines is 1. The summed E-state index contributed by atoms with van der Waals surface area (Å²) in [7, 11) is 1.62. The van der Waals surface area contributed by atoms with E-state index in [0.29, 0.717) is 25.2 Å². The van der Waals surface area contributed by atoms with Crippen LogP contribution in [-0.4, -0.2) is 24.6 Å². The van der Waals surface area contributed by atoms with Crippen molar-refractivity contribution in [3.63, 3.8) is 0 Å². The first-order valence-electron chi connectivity index (χ1n) is 8.30. The molecule has 0 atom stereocenters. The van der Waals surface area contributed by atoms with E-state index in [-0.39, 0.29) is 5.91 Å². The summed E-state index contributed by atoms with van der Waals surface area (Å²) in [6, 6.07) is 14.8. The van der Waals surface area contributed by atoms with E-state index in [1.807, 2.05) is 48.5 Å². The summed E-state index contributed by atoms with van der Waals surface area (Å²) in [6.45, 7) is 0.476. The fourth-order valence-corrected chi connectivity index (χ4v) is 2.39. The van der Waals surface area contributed by atoms with Gasteiger partial charge in [0.05, 0.1) is 19.9 Å². The highest BCUT2D eigenvalue weighted by Crippen LogP contribution is 2.21. The summed E-state index contributed by atoms with van der Waals surface area (Å²) >= 11 is 0. The minimum absolute atomic E-state index is 0.0456. The zero-order chi connectivity index (χ0) is 18.2. The second-order valence-electron chi connectivity index (χ2n) is 5.62. The minimum Gasteiger partial charge on any atom is -0.497 e. The van der Waals surface area contributed by atoms with Gasteiger partial charge in [0.25, 0.3) is 0 Å². The van der Waals surface area contributed by atoms with Crippen molar-refractivity contribution < 1.29 is 18.7 Å². The van der Waals surface area contributed by atoms with Gasteiger partial charge in [-0.15, -0.1) is 0 Å². The van der Waals surface area contributed by atoms with Crippen LogP contribution in [0.15, 0.2) is 65.5 Å². The maximum atomic E-state index is 12.0. The first kappa shape index (κ1) is 17.5. The van der Waals surface area contributed by atoms with E-state index < -0.39 is 0 Å². The lowest BCUT2D eigenvalue weighted by Gasteiger charge is -2.08. The molecule has 0 bridgehead atoms. The molecule has 6 nitrogen and oxygen atoms in total. The molecule has 0 aliphatic carbocycles. The molecule has 1 heterocycles. The Balaban J connectivity index is 1.39. The van der Waals surface area contributed by atoms with Crippen molar-refractivity contribution >= 4 is 11.6 Å². The zero-order valence-electron chi connectivity index (χ0n) is 14.5. The van der Waals surface area contributed by atoms with E-state index in [2.05, 4.69) is 10.3 Å². The Hall–Kier alpha value is -3.28. The average Bonchev–Trinajstić information content (AvgIpc) is 3.21. The van der Waals surface area contributed by atoms with Gasteiger partial charge in [0, 0.05) is 17.7 Å². The first-order valence-corrected chi connectivity index (χ1v) is 8.30. The molecule has 0 unspecified atom stereocenters. The standard InChI is InChI=1S/C20H20N2O4/c1-24-17-8-10-18(11-9-17)25-12-2-3-20(23)22-16-6-4-15(5-7-16)19-13-21-14-26-19/h4-11,13-14H,2-3,12H2,1H3,(H,22,23). The Bertz CT molecular complexity index is 812. The third-order valence-electron chi connectivity index (χ3n) is 3.76. The number of carbonyl (C=O) groups is 1. The van der Waals surface area contributed by atoms with Gasteiger partial charge in [0.2, 0.25) is 5.91 Å². The third-order valence-corrected chi connectivity index (χ3v) is 3.76. The molecular weight excluding hydrogens is 332 g/mol. The lowest BCUT2D eigenvalue weighted by molar-refractivity contribution is -0.116. The van der Waals surface area contributed by atoms with Crippen LogP contribution in [0.5, 0.6) is 11.5 Å². The highest BCUT2D eigenvalue weighted by atomic mass is 16.5. The summed E-state index contributed by atoms with van der Waals surface area (Å²) in [5, 5.41) is 2.87. The molecule has 0 spiro atoms. The Kier molecular flexibility index (Phi) is 5.88. The predicted octanol–water partition coefficient (Wildman–Crippen LogP) is 4.15. The molecule has 0 saturated heterocycles. The zero-order valence-corrected chi connectivity index (χ0v) is 14.5. The number of hydrogen-bond acceptors (Lipinski definition) is 5. The summed E-state index contributed by atoms with van der Waals surface area (Å²) in [4.78, 5) is 15.9. The van der Waals surface area contributed by atoms with Gasteiger partial charge in [0.1, 0.15) is 11.5 Å². The molecular formula is C20H20N2O4. The van der Waals surface area contributed by atoms with Crippen molar-refractivity contribution in [1.82, 2.24) is 4.98 Å². The molecule has 6 heteroatoms. The molecule has 0 fully saturated rings. The number of benzene rings is 2. The monoisotopic (exact) mass is 352 g/mol. The van der Waals surface area contributed by atoms with Gasteiger partial charge in [-0.3, -0.25) is 4.79 Å². The van der Waals surface area contributed by atoms with Gasteiger partial charge in [-0.25, -0.2) is 4.98 Å². The number of amides is 1. The largest absolute Gasteiger partial charge is 0.497 e. The maximum Gasteiger partial charge on any atom is 0.224 e. The second-order valence-corrected chi connectivity index (χ2v) is 5.62. The number of aromatic nitrogens is 1. The number of rotatable bonds is 8. The van der Waals surface area contributed by atoms with Crippen LogP contribution in [-0.2, 0) is 4.79 Å². The number of hydrogen-bond donors (Lipinski definition) is 1. The number of nitrogens with one attached hydrogen (secondary N) is 1. The van der Waals surface area contributed by atoms with Crippen LogP contribution in [0.1, 0.15) is 12.8 Å². The van der Waals surface area contributed by atoms with Crippen LogP contribution in [0.25, 0.3) is 11.3 Å². The molecule has 1 amide bonds. The van der Waals surface area contributed by atoms with E-state index in [0.717, 1.165) is 22.7 Å². The molecule has 1 aromatic heterocycles. The van der Waals surface area contributed by atoms with Crippen molar-refractivity contribution in [2.24, 2.45) is 0 Å². The van der Waals surface area contributed by atoms with Gasteiger partial charge in [-0.05, 0) is 55.0 Å². The number of carbonyl (C=O) groups excluding carboxylic acids is 1. The lowest BCUT2D eigenvalue weighted by Crippen LogP contribution is -2.12. The van der Waals surface area contributed by atoms with Gasteiger partial charge in [-0.2, -0.15) is 0 Å². The highest BCUT2D eigenvalue weighted by Gasteiger charge is 2.05. The van der Waals surface area contributed by atoms with E-state index in [1.165, 1.54) is 6.39 Å².